The molecule has 0 saturated carbocycles. The maximum Gasteiger partial charge on any atom is 0.236 e. The highest BCUT2D eigenvalue weighted by atomic mass is 16.5. The molecule has 2 aliphatic rings. The van der Waals surface area contributed by atoms with Gasteiger partial charge in [0.1, 0.15) is 18.0 Å². The molecular weight excluding hydrogens is 340 g/mol. The Hall–Kier alpha value is -1.59. The van der Waals surface area contributed by atoms with Gasteiger partial charge in [-0.2, -0.15) is 0 Å². The van der Waals surface area contributed by atoms with E-state index in [2.05, 4.69) is 25.7 Å². The molecule has 0 spiro atoms. The summed E-state index contributed by atoms with van der Waals surface area (Å²) in [4.78, 5) is 16.8. The Morgan fingerprint density at radius 3 is 2.78 bits per heavy atom. The molecule has 1 amide bonds. The SMILES string of the molecule is Cc1ccc(OCC2(O)CCCN(CC(=O)N3CCCCC3C)C2)cc1C. The number of likely N-dealkylation sites (tertiary alicyclic amines) is 2. The number of β-amino-alcohol motifs (C(OH)–C–C–N with tert-alkyl or cyclic N) is 1. The molecule has 2 saturated heterocycles. The average Bonchev–Trinajstić information content (AvgIpc) is 2.63. The van der Waals surface area contributed by atoms with Crippen LogP contribution in [0.3, 0.4) is 0 Å². The van der Waals surface area contributed by atoms with Gasteiger partial charge in [0.15, 0.2) is 0 Å². The molecule has 2 atom stereocenters. The van der Waals surface area contributed by atoms with Crippen LogP contribution in [0.25, 0.3) is 0 Å². The predicted octanol–water partition coefficient (Wildman–Crippen LogP) is 2.91. The third-order valence-electron chi connectivity index (χ3n) is 6.10. The highest BCUT2D eigenvalue weighted by Gasteiger charge is 2.35. The number of ether oxygens (including phenoxy) is 1. The quantitative estimate of drug-likeness (QED) is 0.861. The van der Waals surface area contributed by atoms with Gasteiger partial charge in [0.25, 0.3) is 0 Å². The summed E-state index contributed by atoms with van der Waals surface area (Å²) in [6.45, 7) is 9.16. The summed E-state index contributed by atoms with van der Waals surface area (Å²) in [7, 11) is 0. The zero-order chi connectivity index (χ0) is 19.4. The fourth-order valence-corrected chi connectivity index (χ4v) is 4.23. The van der Waals surface area contributed by atoms with Crippen LogP contribution in [0.4, 0.5) is 0 Å². The highest BCUT2D eigenvalue weighted by Crippen LogP contribution is 2.25. The van der Waals surface area contributed by atoms with Gasteiger partial charge < -0.3 is 14.7 Å². The van der Waals surface area contributed by atoms with E-state index in [0.29, 0.717) is 25.6 Å². The number of hydrogen-bond donors (Lipinski definition) is 1. The highest BCUT2D eigenvalue weighted by molar-refractivity contribution is 5.78. The molecule has 2 unspecified atom stereocenters. The van der Waals surface area contributed by atoms with Crippen LogP contribution in [0.1, 0.15) is 50.2 Å². The second-order valence-corrected chi connectivity index (χ2v) is 8.51. The molecule has 1 N–H and O–H groups in total. The normalized spacial score (nSPS) is 26.8. The summed E-state index contributed by atoms with van der Waals surface area (Å²) in [5.41, 5.74) is 1.52. The van der Waals surface area contributed by atoms with Crippen LogP contribution < -0.4 is 4.74 Å². The minimum Gasteiger partial charge on any atom is -0.491 e. The number of aliphatic hydroxyl groups is 1. The number of hydrogen-bond acceptors (Lipinski definition) is 4. The van der Waals surface area contributed by atoms with E-state index in [9.17, 15) is 9.90 Å². The summed E-state index contributed by atoms with van der Waals surface area (Å²) in [5, 5.41) is 11.0. The van der Waals surface area contributed by atoms with E-state index in [0.717, 1.165) is 38.1 Å². The molecule has 5 heteroatoms. The van der Waals surface area contributed by atoms with Gasteiger partial charge in [-0.15, -0.1) is 0 Å². The van der Waals surface area contributed by atoms with Crippen molar-refractivity contribution in [2.75, 3.05) is 32.8 Å². The Morgan fingerprint density at radius 1 is 1.22 bits per heavy atom. The van der Waals surface area contributed by atoms with Gasteiger partial charge >= 0.3 is 0 Å². The van der Waals surface area contributed by atoms with Crippen LogP contribution in [0.5, 0.6) is 5.75 Å². The van der Waals surface area contributed by atoms with Crippen molar-refractivity contribution in [2.45, 2.75) is 64.5 Å². The molecule has 0 bridgehead atoms. The number of benzene rings is 1. The molecule has 1 aromatic carbocycles. The van der Waals surface area contributed by atoms with Crippen LogP contribution in [0.2, 0.25) is 0 Å². The van der Waals surface area contributed by atoms with Gasteiger partial charge in [-0.3, -0.25) is 9.69 Å². The van der Waals surface area contributed by atoms with Gasteiger partial charge in [0, 0.05) is 19.1 Å². The fraction of sp³-hybridized carbons (Fsp3) is 0.682. The zero-order valence-electron chi connectivity index (χ0n) is 17.0. The Bertz CT molecular complexity index is 663. The van der Waals surface area contributed by atoms with Gasteiger partial charge in [-0.25, -0.2) is 0 Å². The van der Waals surface area contributed by atoms with Crippen molar-refractivity contribution < 1.29 is 14.6 Å². The first-order valence-electron chi connectivity index (χ1n) is 10.3. The van der Waals surface area contributed by atoms with E-state index < -0.39 is 5.60 Å². The molecule has 0 aliphatic carbocycles. The average molecular weight is 375 g/mol. The van der Waals surface area contributed by atoms with Crippen LogP contribution in [-0.2, 0) is 4.79 Å². The molecule has 3 rings (SSSR count). The van der Waals surface area contributed by atoms with Gasteiger partial charge in [-0.1, -0.05) is 6.07 Å². The van der Waals surface area contributed by atoms with Crippen LogP contribution in [0, 0.1) is 13.8 Å². The van der Waals surface area contributed by atoms with Crippen molar-refractivity contribution in [3.63, 3.8) is 0 Å². The van der Waals surface area contributed by atoms with Crippen molar-refractivity contribution >= 4 is 5.91 Å². The molecule has 150 valence electrons. The van der Waals surface area contributed by atoms with E-state index in [1.807, 2.05) is 23.1 Å². The molecule has 2 fully saturated rings. The second kappa shape index (κ2) is 8.61. The van der Waals surface area contributed by atoms with Crippen LogP contribution >= 0.6 is 0 Å². The lowest BCUT2D eigenvalue weighted by Crippen LogP contribution is -2.55. The van der Waals surface area contributed by atoms with Crippen molar-refractivity contribution in [1.82, 2.24) is 9.80 Å². The molecule has 0 aromatic heterocycles. The third-order valence-corrected chi connectivity index (χ3v) is 6.10. The standard InChI is InChI=1S/C22H34N2O3/c1-17-8-9-20(13-18(17)2)27-16-22(26)10-6-11-23(15-22)14-21(25)24-12-5-4-7-19(24)3/h8-9,13,19,26H,4-7,10-12,14-16H2,1-3H3. The Balaban J connectivity index is 1.54. The molecular formula is C22H34N2O3. The van der Waals surface area contributed by atoms with Crippen LogP contribution in [-0.4, -0.2) is 65.2 Å². The van der Waals surface area contributed by atoms with E-state index in [1.54, 1.807) is 0 Å². The number of nitrogens with zero attached hydrogens (tertiary/aromatic N) is 2. The summed E-state index contributed by atoms with van der Waals surface area (Å²) in [5.74, 6) is 0.989. The number of amides is 1. The maximum absolute atomic E-state index is 12.7. The van der Waals surface area contributed by atoms with Crippen molar-refractivity contribution in [3.05, 3.63) is 29.3 Å². The van der Waals surface area contributed by atoms with Crippen LogP contribution in [0.15, 0.2) is 18.2 Å². The minimum absolute atomic E-state index is 0.196. The first kappa shape index (κ1) is 20.2. The lowest BCUT2D eigenvalue weighted by atomic mass is 9.93. The summed E-state index contributed by atoms with van der Waals surface area (Å²) < 4.78 is 5.90. The number of carbonyl (C=O) groups is 1. The van der Waals surface area contributed by atoms with Crippen molar-refractivity contribution in [1.29, 1.82) is 0 Å². The Labute approximate surface area is 163 Å². The van der Waals surface area contributed by atoms with Gasteiger partial charge in [0.05, 0.1) is 6.54 Å². The first-order valence-corrected chi connectivity index (χ1v) is 10.3. The number of rotatable bonds is 5. The minimum atomic E-state index is -0.898. The van der Waals surface area contributed by atoms with E-state index in [1.165, 1.54) is 17.5 Å². The Morgan fingerprint density at radius 2 is 2.04 bits per heavy atom. The summed E-state index contributed by atoms with van der Waals surface area (Å²) in [6, 6.07) is 6.34. The van der Waals surface area contributed by atoms with Crippen molar-refractivity contribution in [2.24, 2.45) is 0 Å². The van der Waals surface area contributed by atoms with E-state index in [4.69, 9.17) is 4.74 Å². The smallest absolute Gasteiger partial charge is 0.236 e. The number of piperidine rings is 2. The number of aryl methyl sites for hydroxylation is 2. The lowest BCUT2D eigenvalue weighted by Gasteiger charge is -2.40. The Kier molecular flexibility index (Phi) is 6.43. The number of carbonyl (C=O) groups excluding carboxylic acids is 1. The monoisotopic (exact) mass is 374 g/mol. The summed E-state index contributed by atoms with van der Waals surface area (Å²) >= 11 is 0. The maximum atomic E-state index is 12.7. The van der Waals surface area contributed by atoms with Gasteiger partial charge in [-0.05, 0) is 82.7 Å². The van der Waals surface area contributed by atoms with E-state index in [-0.39, 0.29) is 12.5 Å². The second-order valence-electron chi connectivity index (χ2n) is 8.51. The fourth-order valence-electron chi connectivity index (χ4n) is 4.23. The lowest BCUT2D eigenvalue weighted by molar-refractivity contribution is -0.138. The topological polar surface area (TPSA) is 53.0 Å². The molecule has 1 aromatic rings. The predicted molar refractivity (Wildman–Crippen MR) is 107 cm³/mol. The van der Waals surface area contributed by atoms with E-state index >= 15 is 0 Å². The van der Waals surface area contributed by atoms with Gasteiger partial charge in [0.2, 0.25) is 5.91 Å². The summed E-state index contributed by atoms with van der Waals surface area (Å²) in [6.07, 6.45) is 5.01. The molecule has 27 heavy (non-hydrogen) atoms. The molecule has 0 radical (unpaired) electrons. The molecule has 2 aliphatic heterocycles. The zero-order valence-corrected chi connectivity index (χ0v) is 17.0. The molecule has 2 heterocycles. The molecule has 5 nitrogen and oxygen atoms in total. The largest absolute Gasteiger partial charge is 0.491 e. The third kappa shape index (κ3) is 5.23. The van der Waals surface area contributed by atoms with Crippen molar-refractivity contribution in [3.8, 4) is 5.75 Å². The first-order chi connectivity index (χ1) is 12.9.